The van der Waals surface area contributed by atoms with E-state index in [1.54, 1.807) is 25.1 Å². The zero-order valence-corrected chi connectivity index (χ0v) is 13.0. The van der Waals surface area contributed by atoms with Crippen LogP contribution in [0.25, 0.3) is 0 Å². The summed E-state index contributed by atoms with van der Waals surface area (Å²) in [6, 6.07) is 4.90. The monoisotopic (exact) mass is 296 g/mol. The van der Waals surface area contributed by atoms with E-state index < -0.39 is 5.97 Å². The van der Waals surface area contributed by atoms with Crippen LogP contribution in [0.15, 0.2) is 23.1 Å². The zero-order chi connectivity index (χ0) is 15.3. The number of rotatable bonds is 6. The third kappa shape index (κ3) is 4.56. The number of carbonyl (C=O) groups excluding carboxylic acids is 1. The zero-order valence-electron chi connectivity index (χ0n) is 12.2. The molecule has 0 aromatic heterocycles. The second-order valence-electron chi connectivity index (χ2n) is 4.70. The van der Waals surface area contributed by atoms with Crippen LogP contribution >= 0.6 is 11.8 Å². The van der Waals surface area contributed by atoms with Gasteiger partial charge in [-0.15, -0.1) is 11.8 Å². The van der Waals surface area contributed by atoms with Crippen molar-refractivity contribution in [3.63, 3.8) is 0 Å². The van der Waals surface area contributed by atoms with E-state index in [0.717, 1.165) is 16.9 Å². The Hall–Kier alpha value is -1.49. The molecular formula is C15H20O4S. The number of hydrogen-bond donors (Lipinski definition) is 1. The molecule has 4 nitrogen and oxygen atoms in total. The third-order valence-electron chi connectivity index (χ3n) is 2.96. The number of benzene rings is 1. The molecule has 2 atom stereocenters. The maximum absolute atomic E-state index is 11.9. The van der Waals surface area contributed by atoms with Crippen molar-refractivity contribution < 1.29 is 19.4 Å². The molecule has 0 aliphatic carbocycles. The minimum atomic E-state index is -0.971. The van der Waals surface area contributed by atoms with Gasteiger partial charge in [-0.1, -0.05) is 13.0 Å². The number of carboxylic acids is 1. The molecule has 1 rings (SSSR count). The van der Waals surface area contributed by atoms with Gasteiger partial charge in [-0.05, 0) is 44.9 Å². The highest BCUT2D eigenvalue weighted by molar-refractivity contribution is 8.00. The topological polar surface area (TPSA) is 63.6 Å². The fourth-order valence-electron chi connectivity index (χ4n) is 1.48. The Labute approximate surface area is 123 Å². The predicted octanol–water partition coefficient (Wildman–Crippen LogP) is 3.52. The molecule has 1 aromatic carbocycles. The van der Waals surface area contributed by atoms with Crippen molar-refractivity contribution in [2.75, 3.05) is 0 Å². The van der Waals surface area contributed by atoms with E-state index >= 15 is 0 Å². The molecular weight excluding hydrogens is 276 g/mol. The van der Waals surface area contributed by atoms with Crippen LogP contribution in [0.3, 0.4) is 0 Å². The molecule has 0 spiro atoms. The van der Waals surface area contributed by atoms with Crippen molar-refractivity contribution in [3.8, 4) is 0 Å². The highest BCUT2D eigenvalue weighted by atomic mass is 32.2. The van der Waals surface area contributed by atoms with Crippen molar-refractivity contribution in [2.24, 2.45) is 0 Å². The number of esters is 1. The number of aromatic carboxylic acids is 1. The van der Waals surface area contributed by atoms with E-state index in [0.29, 0.717) is 0 Å². The van der Waals surface area contributed by atoms with E-state index in [2.05, 4.69) is 0 Å². The molecule has 0 radical (unpaired) electrons. The van der Waals surface area contributed by atoms with Crippen molar-refractivity contribution in [1.29, 1.82) is 0 Å². The second kappa shape index (κ2) is 7.33. The first-order chi connectivity index (χ1) is 9.35. The van der Waals surface area contributed by atoms with Gasteiger partial charge in [0.05, 0.1) is 11.7 Å². The summed E-state index contributed by atoms with van der Waals surface area (Å²) in [5, 5.41) is 8.62. The van der Waals surface area contributed by atoms with Crippen LogP contribution in [0, 0.1) is 6.92 Å². The van der Waals surface area contributed by atoms with Crippen LogP contribution in [0.1, 0.15) is 43.1 Å². The lowest BCUT2D eigenvalue weighted by molar-refractivity contribution is -0.147. The van der Waals surface area contributed by atoms with E-state index in [1.807, 2.05) is 20.8 Å². The smallest absolute Gasteiger partial charge is 0.335 e. The van der Waals surface area contributed by atoms with Crippen LogP contribution in [-0.4, -0.2) is 28.4 Å². The molecule has 1 N–H and O–H groups in total. The summed E-state index contributed by atoms with van der Waals surface area (Å²) in [6.45, 7) is 7.46. The predicted molar refractivity (Wildman–Crippen MR) is 79.3 cm³/mol. The summed E-state index contributed by atoms with van der Waals surface area (Å²) in [5.41, 5.74) is 1.17. The first-order valence-electron chi connectivity index (χ1n) is 6.56. The van der Waals surface area contributed by atoms with Gasteiger partial charge in [0.15, 0.2) is 0 Å². The van der Waals surface area contributed by atoms with E-state index in [-0.39, 0.29) is 22.9 Å². The lowest BCUT2D eigenvalue weighted by Gasteiger charge is -2.16. The maximum atomic E-state index is 11.9. The summed E-state index contributed by atoms with van der Waals surface area (Å²) < 4.78 is 5.27. The van der Waals surface area contributed by atoms with Gasteiger partial charge in [-0.3, -0.25) is 4.79 Å². The molecule has 20 heavy (non-hydrogen) atoms. The number of aryl methyl sites for hydroxylation is 1. The molecule has 0 saturated carbocycles. The van der Waals surface area contributed by atoms with Crippen molar-refractivity contribution in [1.82, 2.24) is 0 Å². The summed E-state index contributed by atoms with van der Waals surface area (Å²) in [6.07, 6.45) is 0.674. The van der Waals surface area contributed by atoms with E-state index in [4.69, 9.17) is 9.84 Å². The first kappa shape index (κ1) is 16.6. The fraction of sp³-hybridized carbons (Fsp3) is 0.467. The molecule has 0 amide bonds. The first-order valence-corrected chi connectivity index (χ1v) is 7.44. The molecule has 2 unspecified atom stereocenters. The minimum absolute atomic E-state index is 0.1000. The Morgan fingerprint density at radius 3 is 2.55 bits per heavy atom. The van der Waals surface area contributed by atoms with Crippen molar-refractivity contribution in [3.05, 3.63) is 29.3 Å². The van der Waals surface area contributed by atoms with Gasteiger partial charge < -0.3 is 9.84 Å². The average molecular weight is 296 g/mol. The molecule has 1 aromatic rings. The molecule has 110 valence electrons. The van der Waals surface area contributed by atoms with Gasteiger partial charge in [-0.25, -0.2) is 4.79 Å². The van der Waals surface area contributed by atoms with Gasteiger partial charge in [0.25, 0.3) is 0 Å². The van der Waals surface area contributed by atoms with Crippen LogP contribution in [0.5, 0.6) is 0 Å². The molecule has 0 aliphatic heterocycles. The Balaban J connectivity index is 2.79. The number of ether oxygens (including phenoxy) is 1. The number of carbonyl (C=O) groups is 2. The van der Waals surface area contributed by atoms with Crippen LogP contribution < -0.4 is 0 Å². The van der Waals surface area contributed by atoms with Crippen LogP contribution in [0.4, 0.5) is 0 Å². The van der Waals surface area contributed by atoms with Crippen LogP contribution in [-0.2, 0) is 9.53 Å². The molecule has 0 saturated heterocycles. The minimum Gasteiger partial charge on any atom is -0.478 e. The number of hydrogen-bond acceptors (Lipinski definition) is 4. The quantitative estimate of drug-likeness (QED) is 0.643. The average Bonchev–Trinajstić information content (AvgIpc) is 2.40. The van der Waals surface area contributed by atoms with Gasteiger partial charge in [-0.2, -0.15) is 0 Å². The summed E-state index contributed by atoms with van der Waals surface area (Å²) in [7, 11) is 0. The van der Waals surface area contributed by atoms with Crippen molar-refractivity contribution >= 4 is 23.7 Å². The Kier molecular flexibility index (Phi) is 6.07. The Morgan fingerprint density at radius 2 is 2.00 bits per heavy atom. The second-order valence-corrected chi connectivity index (χ2v) is 6.08. The lowest BCUT2D eigenvalue weighted by Crippen LogP contribution is -2.22. The SMILES string of the molecule is CCC(C)OC(=O)C(C)Sc1cc(C(=O)O)ccc1C. The number of thioether (sulfide) groups is 1. The molecule has 5 heteroatoms. The number of carboxylic acid groups (broad SMARTS) is 1. The van der Waals surface area contributed by atoms with Gasteiger partial charge in [0, 0.05) is 4.90 Å². The third-order valence-corrected chi connectivity index (χ3v) is 4.20. The maximum Gasteiger partial charge on any atom is 0.335 e. The summed E-state index contributed by atoms with van der Waals surface area (Å²) in [4.78, 5) is 23.6. The molecule has 0 heterocycles. The largest absolute Gasteiger partial charge is 0.478 e. The molecule has 0 fully saturated rings. The summed E-state index contributed by atoms with van der Waals surface area (Å²) in [5.74, 6) is -1.24. The standard InChI is InChI=1S/C15H20O4S/c1-5-10(3)19-15(18)11(4)20-13-8-12(14(16)17)7-6-9(13)2/h6-8,10-11H,5H2,1-4H3,(H,16,17). The Bertz CT molecular complexity index is 499. The van der Waals surface area contributed by atoms with Gasteiger partial charge in [0.1, 0.15) is 5.25 Å². The summed E-state index contributed by atoms with van der Waals surface area (Å²) >= 11 is 1.32. The highest BCUT2D eigenvalue weighted by Gasteiger charge is 2.19. The van der Waals surface area contributed by atoms with Gasteiger partial charge in [0.2, 0.25) is 0 Å². The Morgan fingerprint density at radius 1 is 1.35 bits per heavy atom. The highest BCUT2D eigenvalue weighted by Crippen LogP contribution is 2.28. The van der Waals surface area contributed by atoms with Crippen molar-refractivity contribution in [2.45, 2.75) is 50.4 Å². The molecule has 0 aliphatic rings. The normalized spacial score (nSPS) is 13.6. The fourth-order valence-corrected chi connectivity index (χ4v) is 2.46. The van der Waals surface area contributed by atoms with Crippen LogP contribution in [0.2, 0.25) is 0 Å². The lowest BCUT2D eigenvalue weighted by atomic mass is 10.1. The van der Waals surface area contributed by atoms with E-state index in [9.17, 15) is 9.59 Å². The molecule has 0 bridgehead atoms. The van der Waals surface area contributed by atoms with Gasteiger partial charge >= 0.3 is 11.9 Å². The van der Waals surface area contributed by atoms with E-state index in [1.165, 1.54) is 11.8 Å².